The standard InChI is InChI=1S/C16H9ClFN5/c17-14-6-1-10(8-20-14)15-11(7-19)9-21-16(23-15)22-13-4-2-12(18)3-5-13/h1-6,8-9H,(H,21,22,23). The van der Waals surface area contributed by atoms with E-state index in [9.17, 15) is 9.65 Å². The third-order valence-corrected chi connectivity index (χ3v) is 3.23. The van der Waals surface area contributed by atoms with Crippen LogP contribution in [0.4, 0.5) is 16.0 Å². The zero-order valence-corrected chi connectivity index (χ0v) is 12.4. The highest BCUT2D eigenvalue weighted by molar-refractivity contribution is 6.29. The first-order valence-electron chi connectivity index (χ1n) is 6.57. The van der Waals surface area contributed by atoms with Crippen LogP contribution in [0.2, 0.25) is 5.15 Å². The van der Waals surface area contributed by atoms with Crippen molar-refractivity contribution in [2.45, 2.75) is 0 Å². The number of nitrogens with one attached hydrogen (secondary N) is 1. The van der Waals surface area contributed by atoms with Crippen molar-refractivity contribution in [3.05, 3.63) is 65.3 Å². The Morgan fingerprint density at radius 2 is 1.83 bits per heavy atom. The fraction of sp³-hybridized carbons (Fsp3) is 0. The number of halogens is 2. The van der Waals surface area contributed by atoms with Crippen LogP contribution in [0.25, 0.3) is 11.3 Å². The minimum absolute atomic E-state index is 0.292. The third-order valence-electron chi connectivity index (χ3n) is 3.01. The minimum Gasteiger partial charge on any atom is -0.324 e. The molecule has 0 saturated carbocycles. The summed E-state index contributed by atoms with van der Waals surface area (Å²) in [5.74, 6) is -0.0372. The summed E-state index contributed by atoms with van der Waals surface area (Å²) >= 11 is 5.77. The van der Waals surface area contributed by atoms with Crippen molar-refractivity contribution in [2.75, 3.05) is 5.32 Å². The smallest absolute Gasteiger partial charge is 0.227 e. The molecule has 0 spiro atoms. The van der Waals surface area contributed by atoms with Gasteiger partial charge in [0.05, 0.1) is 17.5 Å². The van der Waals surface area contributed by atoms with Gasteiger partial charge < -0.3 is 5.32 Å². The summed E-state index contributed by atoms with van der Waals surface area (Å²) < 4.78 is 12.9. The third kappa shape index (κ3) is 3.42. The summed E-state index contributed by atoms with van der Waals surface area (Å²) in [5.41, 5.74) is 2.04. The average molecular weight is 326 g/mol. The summed E-state index contributed by atoms with van der Waals surface area (Å²) in [6.45, 7) is 0. The fourth-order valence-corrected chi connectivity index (χ4v) is 2.03. The van der Waals surface area contributed by atoms with E-state index in [2.05, 4.69) is 20.3 Å². The van der Waals surface area contributed by atoms with E-state index in [1.807, 2.05) is 6.07 Å². The number of nitriles is 1. The topological polar surface area (TPSA) is 74.5 Å². The molecule has 3 rings (SSSR count). The van der Waals surface area contributed by atoms with Gasteiger partial charge in [-0.3, -0.25) is 0 Å². The number of benzene rings is 1. The van der Waals surface area contributed by atoms with Crippen molar-refractivity contribution in [3.8, 4) is 17.3 Å². The van der Waals surface area contributed by atoms with Gasteiger partial charge in [0.2, 0.25) is 5.95 Å². The molecule has 23 heavy (non-hydrogen) atoms. The Morgan fingerprint density at radius 1 is 1.04 bits per heavy atom. The molecule has 0 amide bonds. The molecule has 0 aliphatic heterocycles. The van der Waals surface area contributed by atoms with Crippen LogP contribution < -0.4 is 5.32 Å². The molecule has 2 heterocycles. The highest BCUT2D eigenvalue weighted by atomic mass is 35.5. The molecular formula is C16H9ClFN5. The molecule has 0 fully saturated rings. The molecule has 0 atom stereocenters. The molecule has 5 nitrogen and oxygen atoms in total. The Kier molecular flexibility index (Phi) is 4.13. The maximum absolute atomic E-state index is 12.9. The lowest BCUT2D eigenvalue weighted by Gasteiger charge is -2.08. The van der Waals surface area contributed by atoms with Gasteiger partial charge in [-0.1, -0.05) is 11.6 Å². The quantitative estimate of drug-likeness (QED) is 0.738. The normalized spacial score (nSPS) is 10.1. The number of rotatable bonds is 3. The zero-order chi connectivity index (χ0) is 16.2. The number of hydrogen-bond donors (Lipinski definition) is 1. The lowest BCUT2D eigenvalue weighted by Crippen LogP contribution is -2.00. The van der Waals surface area contributed by atoms with Crippen LogP contribution >= 0.6 is 11.6 Å². The molecule has 1 aromatic carbocycles. The second-order valence-corrected chi connectivity index (χ2v) is 4.96. The number of pyridine rings is 1. The van der Waals surface area contributed by atoms with Gasteiger partial charge >= 0.3 is 0 Å². The van der Waals surface area contributed by atoms with Gasteiger partial charge in [-0.2, -0.15) is 5.26 Å². The van der Waals surface area contributed by atoms with Crippen LogP contribution in [0, 0.1) is 17.1 Å². The first kappa shape index (κ1) is 14.9. The van der Waals surface area contributed by atoms with E-state index < -0.39 is 0 Å². The highest BCUT2D eigenvalue weighted by Crippen LogP contribution is 2.23. The Labute approximate surface area is 136 Å². The van der Waals surface area contributed by atoms with E-state index >= 15 is 0 Å². The molecule has 0 bridgehead atoms. The molecule has 0 unspecified atom stereocenters. The molecule has 2 aromatic heterocycles. The first-order valence-corrected chi connectivity index (χ1v) is 6.95. The van der Waals surface area contributed by atoms with Crippen molar-refractivity contribution < 1.29 is 4.39 Å². The summed E-state index contributed by atoms with van der Waals surface area (Å²) in [6.07, 6.45) is 2.95. The van der Waals surface area contributed by atoms with Crippen LogP contribution in [0.15, 0.2) is 48.8 Å². The number of anilines is 2. The van der Waals surface area contributed by atoms with Crippen molar-refractivity contribution in [1.29, 1.82) is 5.26 Å². The van der Waals surface area contributed by atoms with Crippen LogP contribution in [0.1, 0.15) is 5.56 Å². The Hall–Kier alpha value is -3.04. The maximum atomic E-state index is 12.9. The van der Waals surface area contributed by atoms with Crippen LogP contribution in [0.3, 0.4) is 0 Å². The summed E-state index contributed by atoms with van der Waals surface area (Å²) in [7, 11) is 0. The van der Waals surface area contributed by atoms with E-state index in [1.165, 1.54) is 24.5 Å². The molecule has 0 saturated heterocycles. The van der Waals surface area contributed by atoms with Crippen LogP contribution in [-0.4, -0.2) is 15.0 Å². The highest BCUT2D eigenvalue weighted by Gasteiger charge is 2.10. The van der Waals surface area contributed by atoms with Gasteiger partial charge in [-0.25, -0.2) is 19.3 Å². The zero-order valence-electron chi connectivity index (χ0n) is 11.7. The summed E-state index contributed by atoms with van der Waals surface area (Å²) in [4.78, 5) is 12.4. The number of aromatic nitrogens is 3. The molecule has 0 aliphatic rings. The summed E-state index contributed by atoms with van der Waals surface area (Å²) in [5, 5.41) is 12.5. The Morgan fingerprint density at radius 3 is 2.48 bits per heavy atom. The van der Waals surface area contributed by atoms with E-state index in [4.69, 9.17) is 11.6 Å². The van der Waals surface area contributed by atoms with Gasteiger partial charge in [0.25, 0.3) is 0 Å². The summed E-state index contributed by atoms with van der Waals surface area (Å²) in [6, 6.07) is 11.2. The Balaban J connectivity index is 1.97. The van der Waals surface area contributed by atoms with Crippen molar-refractivity contribution in [2.24, 2.45) is 0 Å². The van der Waals surface area contributed by atoms with Gasteiger partial charge in [-0.15, -0.1) is 0 Å². The van der Waals surface area contributed by atoms with Gasteiger partial charge in [0.1, 0.15) is 17.0 Å². The minimum atomic E-state index is -0.329. The second-order valence-electron chi connectivity index (χ2n) is 4.57. The van der Waals surface area contributed by atoms with Crippen molar-refractivity contribution in [1.82, 2.24) is 15.0 Å². The SMILES string of the molecule is N#Cc1cnc(Nc2ccc(F)cc2)nc1-c1ccc(Cl)nc1. The van der Waals surface area contributed by atoms with E-state index in [0.717, 1.165) is 0 Å². The predicted molar refractivity (Wildman–Crippen MR) is 84.7 cm³/mol. The fourth-order valence-electron chi connectivity index (χ4n) is 1.92. The molecular weight excluding hydrogens is 317 g/mol. The van der Waals surface area contributed by atoms with E-state index in [0.29, 0.717) is 33.6 Å². The van der Waals surface area contributed by atoms with Gasteiger partial charge in [0.15, 0.2) is 0 Å². The van der Waals surface area contributed by atoms with E-state index in [1.54, 1.807) is 24.3 Å². The molecule has 3 aromatic rings. The maximum Gasteiger partial charge on any atom is 0.227 e. The van der Waals surface area contributed by atoms with E-state index in [-0.39, 0.29) is 5.82 Å². The molecule has 0 aliphatic carbocycles. The number of nitrogens with zero attached hydrogens (tertiary/aromatic N) is 4. The number of hydrogen-bond acceptors (Lipinski definition) is 5. The average Bonchev–Trinajstić information content (AvgIpc) is 2.58. The predicted octanol–water partition coefficient (Wildman–Crippen LogP) is 3.95. The van der Waals surface area contributed by atoms with Gasteiger partial charge in [0, 0.05) is 17.4 Å². The van der Waals surface area contributed by atoms with Gasteiger partial charge in [-0.05, 0) is 36.4 Å². The van der Waals surface area contributed by atoms with Crippen molar-refractivity contribution >= 4 is 23.2 Å². The first-order chi connectivity index (χ1) is 11.2. The Bertz CT molecular complexity index is 872. The largest absolute Gasteiger partial charge is 0.324 e. The monoisotopic (exact) mass is 325 g/mol. The molecule has 1 N–H and O–H groups in total. The molecule has 0 radical (unpaired) electrons. The molecule has 7 heteroatoms. The van der Waals surface area contributed by atoms with Crippen LogP contribution in [0.5, 0.6) is 0 Å². The lowest BCUT2D eigenvalue weighted by molar-refractivity contribution is 0.628. The molecule has 112 valence electrons. The lowest BCUT2D eigenvalue weighted by atomic mass is 10.1. The second kappa shape index (κ2) is 6.38. The van der Waals surface area contributed by atoms with Crippen LogP contribution in [-0.2, 0) is 0 Å². The van der Waals surface area contributed by atoms with Crippen molar-refractivity contribution in [3.63, 3.8) is 0 Å².